The van der Waals surface area contributed by atoms with E-state index in [9.17, 15) is 9.59 Å². The van der Waals surface area contributed by atoms with Gasteiger partial charge in [0, 0.05) is 29.6 Å². The number of amides is 1. The quantitative estimate of drug-likeness (QED) is 0.583. The third-order valence-corrected chi connectivity index (χ3v) is 5.96. The Kier molecular flexibility index (Phi) is 7.12. The van der Waals surface area contributed by atoms with Crippen molar-refractivity contribution in [3.05, 3.63) is 35.9 Å². The second-order valence-electron chi connectivity index (χ2n) is 5.19. The molecule has 22 heavy (non-hydrogen) atoms. The molecule has 4 nitrogen and oxygen atoms in total. The lowest BCUT2D eigenvalue weighted by molar-refractivity contribution is -0.148. The topological polar surface area (TPSA) is 57.6 Å². The summed E-state index contributed by atoms with van der Waals surface area (Å²) in [6, 6.07) is 9.70. The molecule has 0 unspecified atom stereocenters. The van der Waals surface area contributed by atoms with Crippen molar-refractivity contribution >= 4 is 35.4 Å². The van der Waals surface area contributed by atoms with Gasteiger partial charge in [-0.2, -0.15) is 11.8 Å². The summed E-state index contributed by atoms with van der Waals surface area (Å²) in [6.45, 7) is 0.587. The zero-order valence-corrected chi connectivity index (χ0v) is 14.1. The van der Waals surface area contributed by atoms with Crippen LogP contribution >= 0.6 is 23.5 Å². The maximum absolute atomic E-state index is 12.1. The van der Waals surface area contributed by atoms with Crippen molar-refractivity contribution in [2.24, 2.45) is 0 Å². The average Bonchev–Trinajstić information content (AvgIpc) is 3.01. The van der Waals surface area contributed by atoms with E-state index in [1.165, 1.54) is 10.5 Å². The number of thioether (sulfide) groups is 2. The first-order chi connectivity index (χ1) is 10.7. The van der Waals surface area contributed by atoms with Gasteiger partial charge in [0.25, 0.3) is 0 Å². The maximum atomic E-state index is 12.1. The second kappa shape index (κ2) is 9.10. The number of nitrogens with zero attached hydrogens (tertiary/aromatic N) is 1. The van der Waals surface area contributed by atoms with E-state index < -0.39 is 12.0 Å². The molecule has 0 bridgehead atoms. The Hall–Kier alpha value is -1.14. The van der Waals surface area contributed by atoms with E-state index in [0.29, 0.717) is 19.4 Å². The SMILES string of the molecule is O=C(O)[C@@H]1CCCN1C(=O)CCSCSCc1ccccc1. The fraction of sp³-hybridized carbons (Fsp3) is 0.500. The van der Waals surface area contributed by atoms with Gasteiger partial charge in [-0.3, -0.25) is 4.79 Å². The number of aliphatic carboxylic acids is 1. The van der Waals surface area contributed by atoms with Crippen LogP contribution in [0.25, 0.3) is 0 Å². The molecule has 1 atom stereocenters. The van der Waals surface area contributed by atoms with E-state index in [-0.39, 0.29) is 5.91 Å². The predicted molar refractivity (Wildman–Crippen MR) is 92.0 cm³/mol. The number of carbonyl (C=O) groups excluding carboxylic acids is 1. The minimum absolute atomic E-state index is 0.0227. The Morgan fingerprint density at radius 2 is 2.00 bits per heavy atom. The summed E-state index contributed by atoms with van der Waals surface area (Å²) < 4.78 is 0. The Balaban J connectivity index is 1.58. The number of carbonyl (C=O) groups is 2. The highest BCUT2D eigenvalue weighted by Gasteiger charge is 2.33. The van der Waals surface area contributed by atoms with Gasteiger partial charge in [0.2, 0.25) is 5.91 Å². The van der Waals surface area contributed by atoms with Crippen LogP contribution in [0.15, 0.2) is 30.3 Å². The van der Waals surface area contributed by atoms with Gasteiger partial charge in [-0.25, -0.2) is 4.79 Å². The highest BCUT2D eigenvalue weighted by atomic mass is 32.2. The highest BCUT2D eigenvalue weighted by Crippen LogP contribution is 2.21. The van der Waals surface area contributed by atoms with Crippen LogP contribution in [0.1, 0.15) is 24.8 Å². The number of hydrogen-bond donors (Lipinski definition) is 1. The van der Waals surface area contributed by atoms with Crippen molar-refractivity contribution < 1.29 is 14.7 Å². The first kappa shape index (κ1) is 17.2. The van der Waals surface area contributed by atoms with Crippen LogP contribution in [0.2, 0.25) is 0 Å². The van der Waals surface area contributed by atoms with Gasteiger partial charge >= 0.3 is 5.97 Å². The molecule has 0 saturated carbocycles. The minimum atomic E-state index is -0.878. The highest BCUT2D eigenvalue weighted by molar-refractivity contribution is 8.15. The lowest BCUT2D eigenvalue weighted by Crippen LogP contribution is -2.40. The number of carboxylic acids is 1. The van der Waals surface area contributed by atoms with Crippen LogP contribution in [0, 0.1) is 0 Å². The fourth-order valence-electron chi connectivity index (χ4n) is 2.48. The zero-order chi connectivity index (χ0) is 15.8. The summed E-state index contributed by atoms with van der Waals surface area (Å²) in [6.07, 6.45) is 1.81. The largest absolute Gasteiger partial charge is 0.480 e. The summed E-state index contributed by atoms with van der Waals surface area (Å²) in [4.78, 5) is 24.6. The van der Waals surface area contributed by atoms with Gasteiger partial charge in [-0.15, -0.1) is 11.8 Å². The van der Waals surface area contributed by atoms with E-state index >= 15 is 0 Å². The summed E-state index contributed by atoms with van der Waals surface area (Å²) in [5.74, 6) is 0.834. The summed E-state index contributed by atoms with van der Waals surface area (Å²) >= 11 is 3.58. The molecule has 1 aromatic carbocycles. The molecule has 120 valence electrons. The third-order valence-electron chi connectivity index (χ3n) is 3.60. The lowest BCUT2D eigenvalue weighted by atomic mass is 10.2. The Bertz CT molecular complexity index is 495. The van der Waals surface area contributed by atoms with Gasteiger partial charge in [0.05, 0.1) is 0 Å². The van der Waals surface area contributed by atoms with Crippen molar-refractivity contribution in [3.63, 3.8) is 0 Å². The molecule has 0 spiro atoms. The van der Waals surface area contributed by atoms with Gasteiger partial charge in [0.15, 0.2) is 0 Å². The average molecular weight is 339 g/mol. The molecule has 1 aliphatic rings. The van der Waals surface area contributed by atoms with Gasteiger partial charge in [-0.1, -0.05) is 30.3 Å². The molecular formula is C16H21NO3S2. The second-order valence-corrected chi connectivity index (χ2v) is 7.65. The van der Waals surface area contributed by atoms with Crippen LogP contribution in [0.5, 0.6) is 0 Å². The lowest BCUT2D eigenvalue weighted by Gasteiger charge is -2.21. The number of hydrogen-bond acceptors (Lipinski definition) is 4. The number of likely N-dealkylation sites (tertiary alicyclic amines) is 1. The first-order valence-electron chi connectivity index (χ1n) is 7.40. The monoisotopic (exact) mass is 339 g/mol. The van der Waals surface area contributed by atoms with Crippen molar-refractivity contribution in [1.82, 2.24) is 4.90 Å². The van der Waals surface area contributed by atoms with Crippen molar-refractivity contribution in [1.29, 1.82) is 0 Å². The Labute approximate surface area is 139 Å². The van der Waals surface area contributed by atoms with E-state index in [2.05, 4.69) is 12.1 Å². The predicted octanol–water partition coefficient (Wildman–Crippen LogP) is 3.08. The van der Waals surface area contributed by atoms with Crippen molar-refractivity contribution in [3.8, 4) is 0 Å². The summed E-state index contributed by atoms with van der Waals surface area (Å²) in [7, 11) is 0. The fourth-order valence-corrected chi connectivity index (χ4v) is 4.50. The molecule has 1 saturated heterocycles. The van der Waals surface area contributed by atoms with Gasteiger partial charge in [0.1, 0.15) is 6.04 Å². The van der Waals surface area contributed by atoms with Crippen LogP contribution < -0.4 is 0 Å². The Morgan fingerprint density at radius 1 is 1.23 bits per heavy atom. The molecule has 0 radical (unpaired) electrons. The molecule has 1 heterocycles. The van der Waals surface area contributed by atoms with Crippen molar-refractivity contribution in [2.45, 2.75) is 31.1 Å². The molecule has 6 heteroatoms. The standard InChI is InChI=1S/C16H21NO3S2/c18-15(17-9-4-7-14(17)16(19)20)8-10-21-12-22-11-13-5-2-1-3-6-13/h1-3,5-6,14H,4,7-12H2,(H,19,20)/t14-/m0/s1. The van der Waals surface area contributed by atoms with Crippen LogP contribution in [-0.2, 0) is 15.3 Å². The molecule has 0 aromatic heterocycles. The maximum Gasteiger partial charge on any atom is 0.326 e. The number of rotatable bonds is 8. The molecule has 2 rings (SSSR count). The molecule has 1 amide bonds. The smallest absolute Gasteiger partial charge is 0.326 e. The molecule has 1 N–H and O–H groups in total. The van der Waals surface area contributed by atoms with Gasteiger partial charge in [-0.05, 0) is 18.4 Å². The number of benzene rings is 1. The van der Waals surface area contributed by atoms with E-state index in [0.717, 1.165) is 23.0 Å². The summed E-state index contributed by atoms with van der Waals surface area (Å²) in [5, 5.41) is 10.0. The first-order valence-corrected chi connectivity index (χ1v) is 9.71. The summed E-state index contributed by atoms with van der Waals surface area (Å²) in [5.41, 5.74) is 1.31. The zero-order valence-electron chi connectivity index (χ0n) is 12.4. The van der Waals surface area contributed by atoms with Crippen LogP contribution in [-0.4, -0.2) is 45.3 Å². The van der Waals surface area contributed by atoms with E-state index in [4.69, 9.17) is 5.11 Å². The molecule has 1 aliphatic heterocycles. The molecule has 1 fully saturated rings. The van der Waals surface area contributed by atoms with Gasteiger partial charge < -0.3 is 10.0 Å². The minimum Gasteiger partial charge on any atom is -0.480 e. The van der Waals surface area contributed by atoms with Crippen molar-refractivity contribution in [2.75, 3.05) is 17.4 Å². The Morgan fingerprint density at radius 3 is 2.73 bits per heavy atom. The van der Waals surface area contributed by atoms with Crippen LogP contribution in [0.3, 0.4) is 0 Å². The van der Waals surface area contributed by atoms with Crippen LogP contribution in [0.4, 0.5) is 0 Å². The normalized spacial score (nSPS) is 17.6. The third kappa shape index (κ3) is 5.25. The molecular weight excluding hydrogens is 318 g/mol. The molecule has 0 aliphatic carbocycles. The van der Waals surface area contributed by atoms with E-state index in [1.807, 2.05) is 30.0 Å². The van der Waals surface area contributed by atoms with E-state index in [1.54, 1.807) is 11.8 Å². The number of carboxylic acid groups (broad SMARTS) is 1. The molecule has 1 aromatic rings.